The van der Waals surface area contributed by atoms with Gasteiger partial charge in [0.05, 0.1) is 5.54 Å². The number of nitrogens with two attached hydrogens (primary N) is 1. The van der Waals surface area contributed by atoms with E-state index in [2.05, 4.69) is 17.1 Å². The smallest absolute Gasteiger partial charge is 0.230 e. The van der Waals surface area contributed by atoms with Gasteiger partial charge in [0.25, 0.3) is 0 Å². The maximum Gasteiger partial charge on any atom is 0.230 e. The van der Waals surface area contributed by atoms with Crippen LogP contribution in [0.3, 0.4) is 0 Å². The van der Waals surface area contributed by atoms with E-state index in [-0.39, 0.29) is 5.54 Å². The van der Waals surface area contributed by atoms with E-state index < -0.39 is 0 Å². The molecule has 2 saturated carbocycles. The van der Waals surface area contributed by atoms with Crippen molar-refractivity contribution >= 4 is 0 Å². The van der Waals surface area contributed by atoms with Crippen molar-refractivity contribution in [2.75, 3.05) is 0 Å². The average Bonchev–Trinajstić information content (AvgIpc) is 2.73. The number of aromatic nitrogens is 2. The zero-order valence-corrected chi connectivity index (χ0v) is 9.07. The molecule has 82 valence electrons. The van der Waals surface area contributed by atoms with E-state index in [1.807, 2.05) is 0 Å². The van der Waals surface area contributed by atoms with Crippen molar-refractivity contribution in [3.63, 3.8) is 0 Å². The van der Waals surface area contributed by atoms with Crippen molar-refractivity contribution in [2.24, 2.45) is 11.7 Å². The lowest BCUT2D eigenvalue weighted by atomic mass is 9.99. The largest absolute Gasteiger partial charge is 0.339 e. The van der Waals surface area contributed by atoms with E-state index in [1.165, 1.54) is 19.3 Å². The monoisotopic (exact) mass is 207 g/mol. The average molecular weight is 207 g/mol. The first-order valence-corrected chi connectivity index (χ1v) is 5.82. The summed E-state index contributed by atoms with van der Waals surface area (Å²) in [4.78, 5) is 4.47. The van der Waals surface area contributed by atoms with E-state index in [4.69, 9.17) is 10.3 Å². The molecule has 4 nitrogen and oxygen atoms in total. The van der Waals surface area contributed by atoms with Crippen molar-refractivity contribution in [1.29, 1.82) is 0 Å². The quantitative estimate of drug-likeness (QED) is 0.804. The Morgan fingerprint density at radius 3 is 2.67 bits per heavy atom. The highest BCUT2D eigenvalue weighted by atomic mass is 16.5. The van der Waals surface area contributed by atoms with Crippen LogP contribution in [0, 0.1) is 5.92 Å². The Hall–Kier alpha value is -0.900. The highest BCUT2D eigenvalue weighted by Crippen LogP contribution is 2.46. The first kappa shape index (κ1) is 9.33. The standard InChI is InChI=1S/C11H17N3O/c1-7-6-8(7)9-13-10(14-15-9)11(12)4-2-3-5-11/h7-8H,2-6,12H2,1H3. The van der Waals surface area contributed by atoms with Gasteiger partial charge in [-0.25, -0.2) is 0 Å². The van der Waals surface area contributed by atoms with E-state index in [1.54, 1.807) is 0 Å². The maximum atomic E-state index is 6.26. The molecule has 2 aliphatic rings. The molecule has 4 heteroatoms. The second-order valence-corrected chi connectivity index (χ2v) is 5.14. The third-order valence-corrected chi connectivity index (χ3v) is 3.81. The summed E-state index contributed by atoms with van der Waals surface area (Å²) < 4.78 is 5.30. The SMILES string of the molecule is CC1CC1c1nc(C2(N)CCCC2)no1. The van der Waals surface area contributed by atoms with Gasteiger partial charge in [0.15, 0.2) is 5.82 Å². The third kappa shape index (κ3) is 1.47. The fourth-order valence-corrected chi connectivity index (χ4v) is 2.48. The summed E-state index contributed by atoms with van der Waals surface area (Å²) in [5.41, 5.74) is 5.96. The van der Waals surface area contributed by atoms with Gasteiger partial charge in [-0.05, 0) is 25.2 Å². The summed E-state index contributed by atoms with van der Waals surface area (Å²) in [7, 11) is 0. The molecule has 2 N–H and O–H groups in total. The van der Waals surface area contributed by atoms with Gasteiger partial charge in [0.1, 0.15) is 0 Å². The summed E-state index contributed by atoms with van der Waals surface area (Å²) in [6.07, 6.45) is 5.53. The Balaban J connectivity index is 1.83. The normalized spacial score (nSPS) is 33.2. The zero-order valence-electron chi connectivity index (χ0n) is 9.07. The van der Waals surface area contributed by atoms with Gasteiger partial charge in [-0.2, -0.15) is 4.98 Å². The fourth-order valence-electron chi connectivity index (χ4n) is 2.48. The second kappa shape index (κ2) is 3.04. The summed E-state index contributed by atoms with van der Waals surface area (Å²) in [5, 5.41) is 4.05. The molecule has 0 radical (unpaired) electrons. The van der Waals surface area contributed by atoms with Gasteiger partial charge in [-0.1, -0.05) is 24.9 Å². The molecule has 15 heavy (non-hydrogen) atoms. The summed E-state index contributed by atoms with van der Waals surface area (Å²) in [5.74, 6) is 2.73. The molecular formula is C11H17N3O. The van der Waals surface area contributed by atoms with Crippen LogP contribution >= 0.6 is 0 Å². The van der Waals surface area contributed by atoms with E-state index in [0.29, 0.717) is 11.8 Å². The topological polar surface area (TPSA) is 64.9 Å². The third-order valence-electron chi connectivity index (χ3n) is 3.81. The van der Waals surface area contributed by atoms with Crippen LogP contribution in [0.25, 0.3) is 0 Å². The molecule has 3 rings (SSSR count). The first-order chi connectivity index (χ1) is 7.19. The molecule has 0 aliphatic heterocycles. The predicted octanol–water partition coefficient (Wildman–Crippen LogP) is 1.92. The van der Waals surface area contributed by atoms with Crippen LogP contribution in [0.5, 0.6) is 0 Å². The molecule has 1 aromatic rings. The van der Waals surface area contributed by atoms with Crippen LogP contribution in [0.4, 0.5) is 0 Å². The van der Waals surface area contributed by atoms with E-state index in [0.717, 1.165) is 24.6 Å². The van der Waals surface area contributed by atoms with Crippen LogP contribution in [-0.4, -0.2) is 10.1 Å². The Morgan fingerprint density at radius 1 is 1.40 bits per heavy atom. The van der Waals surface area contributed by atoms with Crippen molar-refractivity contribution < 1.29 is 4.52 Å². The van der Waals surface area contributed by atoms with Crippen LogP contribution in [0.2, 0.25) is 0 Å². The molecule has 2 aliphatic carbocycles. The fraction of sp³-hybridized carbons (Fsp3) is 0.818. The Kier molecular flexibility index (Phi) is 1.89. The summed E-state index contributed by atoms with van der Waals surface area (Å²) >= 11 is 0. The molecule has 0 aromatic carbocycles. The summed E-state index contributed by atoms with van der Waals surface area (Å²) in [6, 6.07) is 0. The minimum Gasteiger partial charge on any atom is -0.339 e. The molecule has 0 saturated heterocycles. The molecule has 2 unspecified atom stereocenters. The van der Waals surface area contributed by atoms with Gasteiger partial charge in [-0.3, -0.25) is 0 Å². The van der Waals surface area contributed by atoms with Crippen molar-refractivity contribution in [2.45, 2.75) is 50.5 Å². The molecular weight excluding hydrogens is 190 g/mol. The minimum atomic E-state index is -0.306. The first-order valence-electron chi connectivity index (χ1n) is 5.82. The van der Waals surface area contributed by atoms with Gasteiger partial charge in [0.2, 0.25) is 5.89 Å². The zero-order chi connectivity index (χ0) is 10.5. The van der Waals surface area contributed by atoms with Gasteiger partial charge in [0, 0.05) is 5.92 Å². The molecule has 2 fully saturated rings. The molecule has 1 aromatic heterocycles. The van der Waals surface area contributed by atoms with Crippen molar-refractivity contribution in [1.82, 2.24) is 10.1 Å². The number of nitrogens with zero attached hydrogens (tertiary/aromatic N) is 2. The Bertz CT molecular complexity index is 368. The lowest BCUT2D eigenvalue weighted by molar-refractivity contribution is 0.347. The van der Waals surface area contributed by atoms with Crippen LogP contribution in [-0.2, 0) is 5.54 Å². The lowest BCUT2D eigenvalue weighted by Gasteiger charge is -2.17. The Labute approximate surface area is 89.2 Å². The van der Waals surface area contributed by atoms with Crippen molar-refractivity contribution in [3.05, 3.63) is 11.7 Å². The highest BCUT2D eigenvalue weighted by Gasteiger charge is 2.41. The highest BCUT2D eigenvalue weighted by molar-refractivity contribution is 5.11. The van der Waals surface area contributed by atoms with Gasteiger partial charge < -0.3 is 10.3 Å². The predicted molar refractivity (Wildman–Crippen MR) is 55.2 cm³/mol. The van der Waals surface area contributed by atoms with Crippen LogP contribution in [0.1, 0.15) is 56.7 Å². The second-order valence-electron chi connectivity index (χ2n) is 5.14. The van der Waals surface area contributed by atoms with Crippen LogP contribution in [0.15, 0.2) is 4.52 Å². The molecule has 2 atom stereocenters. The molecule has 0 spiro atoms. The van der Waals surface area contributed by atoms with Gasteiger partial charge >= 0.3 is 0 Å². The van der Waals surface area contributed by atoms with Gasteiger partial charge in [-0.15, -0.1) is 0 Å². The molecule has 1 heterocycles. The number of rotatable bonds is 2. The molecule has 0 amide bonds. The number of hydrogen-bond acceptors (Lipinski definition) is 4. The summed E-state index contributed by atoms with van der Waals surface area (Å²) in [6.45, 7) is 2.21. The lowest BCUT2D eigenvalue weighted by Crippen LogP contribution is -2.34. The minimum absolute atomic E-state index is 0.306. The van der Waals surface area contributed by atoms with E-state index in [9.17, 15) is 0 Å². The maximum absolute atomic E-state index is 6.26. The molecule has 0 bridgehead atoms. The van der Waals surface area contributed by atoms with Crippen molar-refractivity contribution in [3.8, 4) is 0 Å². The van der Waals surface area contributed by atoms with E-state index >= 15 is 0 Å². The number of hydrogen-bond donors (Lipinski definition) is 1. The Morgan fingerprint density at radius 2 is 2.07 bits per heavy atom. The van der Waals surface area contributed by atoms with Crippen LogP contribution < -0.4 is 5.73 Å².